The molecular weight excluding hydrogens is 196 g/mol. The van der Waals surface area contributed by atoms with Gasteiger partial charge in [0.2, 0.25) is 0 Å². The summed E-state index contributed by atoms with van der Waals surface area (Å²) >= 11 is 0. The Morgan fingerprint density at radius 3 is 2.21 bits per heavy atom. The van der Waals surface area contributed by atoms with Crippen LogP contribution in [0.25, 0.3) is 0 Å². The van der Waals surface area contributed by atoms with Gasteiger partial charge in [0.15, 0.2) is 0 Å². The van der Waals surface area contributed by atoms with Crippen LogP contribution in [-0.4, -0.2) is 34.3 Å². The quantitative estimate of drug-likeness (QED) is 0.616. The number of carboxylic acids is 1. The number of carboxylic acid groups (broad SMARTS) is 1. The van der Waals surface area contributed by atoms with E-state index in [1.807, 2.05) is 0 Å². The molecule has 0 heterocycles. The van der Waals surface area contributed by atoms with Crippen molar-refractivity contribution in [3.8, 4) is 0 Å². The lowest BCUT2D eigenvalue weighted by molar-refractivity contribution is -0.184. The zero-order valence-corrected chi connectivity index (χ0v) is 8.08. The van der Waals surface area contributed by atoms with Crippen molar-refractivity contribution in [1.82, 2.24) is 0 Å². The Morgan fingerprint density at radius 1 is 1.50 bits per heavy atom. The number of nitrogens with two attached hydrogens (primary N) is 1. The number of aliphatic carboxylic acids is 1. The van der Waals surface area contributed by atoms with E-state index in [-0.39, 0.29) is 12.3 Å². The maximum atomic E-state index is 12.7. The molecule has 4 N–H and O–H groups in total. The van der Waals surface area contributed by atoms with Gasteiger partial charge in [0, 0.05) is 6.04 Å². The second-order valence-corrected chi connectivity index (χ2v) is 3.67. The first kappa shape index (κ1) is 13.2. The highest BCUT2D eigenvalue weighted by Crippen LogP contribution is 2.23. The molecule has 0 aliphatic heterocycles. The minimum atomic E-state index is -4.19. The predicted octanol–water partition coefficient (Wildman–Crippen LogP) is 0.441. The van der Waals surface area contributed by atoms with Gasteiger partial charge in [-0.2, -0.15) is 8.78 Å². The monoisotopic (exact) mass is 211 g/mol. The fourth-order valence-corrected chi connectivity index (χ4v) is 1.07. The van der Waals surface area contributed by atoms with E-state index in [1.54, 1.807) is 13.8 Å². The molecule has 0 rings (SSSR count). The summed E-state index contributed by atoms with van der Waals surface area (Å²) in [5.41, 5.74) is 5.25. The van der Waals surface area contributed by atoms with Gasteiger partial charge in [0.1, 0.15) is 6.10 Å². The smallest absolute Gasteiger partial charge is 0.377 e. The minimum Gasteiger partial charge on any atom is -0.477 e. The number of alkyl halides is 2. The summed E-state index contributed by atoms with van der Waals surface area (Å²) in [6, 6.07) is -1.24. The Hall–Kier alpha value is -0.750. The van der Waals surface area contributed by atoms with Gasteiger partial charge in [-0.25, -0.2) is 4.79 Å². The first-order valence-corrected chi connectivity index (χ1v) is 4.24. The van der Waals surface area contributed by atoms with Crippen molar-refractivity contribution in [2.45, 2.75) is 38.3 Å². The van der Waals surface area contributed by atoms with Crippen molar-refractivity contribution in [1.29, 1.82) is 0 Å². The van der Waals surface area contributed by atoms with Crippen molar-refractivity contribution < 1.29 is 23.8 Å². The first-order valence-electron chi connectivity index (χ1n) is 4.24. The molecule has 6 heteroatoms. The molecule has 0 aliphatic rings. The van der Waals surface area contributed by atoms with Crippen molar-refractivity contribution in [3.63, 3.8) is 0 Å². The van der Waals surface area contributed by atoms with Crippen LogP contribution in [0.4, 0.5) is 8.78 Å². The van der Waals surface area contributed by atoms with Crippen molar-refractivity contribution >= 4 is 5.97 Å². The summed E-state index contributed by atoms with van der Waals surface area (Å²) < 4.78 is 25.4. The molecule has 0 aromatic rings. The molecule has 0 amide bonds. The normalized spacial score (nSPS) is 16.8. The molecule has 2 atom stereocenters. The second kappa shape index (κ2) is 4.65. The predicted molar refractivity (Wildman–Crippen MR) is 46.0 cm³/mol. The van der Waals surface area contributed by atoms with Crippen molar-refractivity contribution in [2.24, 2.45) is 11.7 Å². The van der Waals surface area contributed by atoms with Crippen LogP contribution in [0, 0.1) is 5.92 Å². The summed E-state index contributed by atoms with van der Waals surface area (Å²) in [6.07, 6.45) is -2.20. The van der Waals surface area contributed by atoms with Crippen LogP contribution in [-0.2, 0) is 4.79 Å². The Labute approximate surface area is 80.7 Å². The van der Waals surface area contributed by atoms with E-state index in [1.165, 1.54) is 0 Å². The largest absolute Gasteiger partial charge is 0.477 e. The molecule has 0 fully saturated rings. The van der Waals surface area contributed by atoms with Gasteiger partial charge < -0.3 is 15.9 Å². The maximum absolute atomic E-state index is 12.7. The Kier molecular flexibility index (Phi) is 4.41. The van der Waals surface area contributed by atoms with Crippen LogP contribution in [0.3, 0.4) is 0 Å². The lowest BCUT2D eigenvalue weighted by atomic mass is 9.96. The van der Waals surface area contributed by atoms with E-state index in [9.17, 15) is 13.6 Å². The van der Waals surface area contributed by atoms with Crippen LogP contribution >= 0.6 is 0 Å². The standard InChI is InChI=1S/C8H15F2NO3/c1-4(2)3-5(11)6(12)8(9,10)7(13)14/h4-6,12H,3,11H2,1-2H3,(H,13,14)/t5-,6+/m0/s1. The molecule has 0 bridgehead atoms. The highest BCUT2D eigenvalue weighted by atomic mass is 19.3. The van der Waals surface area contributed by atoms with E-state index in [0.29, 0.717) is 0 Å². The summed E-state index contributed by atoms with van der Waals surface area (Å²) in [4.78, 5) is 10.1. The second-order valence-electron chi connectivity index (χ2n) is 3.67. The van der Waals surface area contributed by atoms with Gasteiger partial charge in [-0.3, -0.25) is 0 Å². The fourth-order valence-electron chi connectivity index (χ4n) is 1.07. The van der Waals surface area contributed by atoms with Crippen molar-refractivity contribution in [2.75, 3.05) is 0 Å². The average Bonchev–Trinajstić information content (AvgIpc) is 2.01. The van der Waals surface area contributed by atoms with Crippen LogP contribution in [0.15, 0.2) is 0 Å². The summed E-state index contributed by atoms with van der Waals surface area (Å²) in [7, 11) is 0. The van der Waals surface area contributed by atoms with E-state index >= 15 is 0 Å². The van der Waals surface area contributed by atoms with Crippen LogP contribution < -0.4 is 5.73 Å². The van der Waals surface area contributed by atoms with Gasteiger partial charge in [-0.15, -0.1) is 0 Å². The number of rotatable bonds is 5. The molecule has 0 unspecified atom stereocenters. The van der Waals surface area contributed by atoms with Crippen molar-refractivity contribution in [3.05, 3.63) is 0 Å². The molecule has 0 radical (unpaired) electrons. The Bertz CT molecular complexity index is 209. The molecule has 14 heavy (non-hydrogen) atoms. The van der Waals surface area contributed by atoms with Gasteiger partial charge in [0.25, 0.3) is 0 Å². The number of hydrogen-bond donors (Lipinski definition) is 3. The topological polar surface area (TPSA) is 83.5 Å². The number of halogens is 2. The van der Waals surface area contributed by atoms with E-state index in [2.05, 4.69) is 0 Å². The number of carbonyl (C=O) groups is 1. The molecule has 0 saturated heterocycles. The molecular formula is C8H15F2NO3. The van der Waals surface area contributed by atoms with Crippen LogP contribution in [0.1, 0.15) is 20.3 Å². The molecule has 84 valence electrons. The Balaban J connectivity index is 4.44. The molecule has 0 aliphatic carbocycles. The fraction of sp³-hybridized carbons (Fsp3) is 0.875. The highest BCUT2D eigenvalue weighted by molar-refractivity contribution is 5.76. The zero-order valence-electron chi connectivity index (χ0n) is 8.08. The number of aliphatic hydroxyl groups excluding tert-OH is 1. The zero-order chi connectivity index (χ0) is 11.5. The van der Waals surface area contributed by atoms with E-state index < -0.39 is 24.0 Å². The molecule has 4 nitrogen and oxygen atoms in total. The number of hydrogen-bond acceptors (Lipinski definition) is 3. The van der Waals surface area contributed by atoms with Crippen LogP contribution in [0.2, 0.25) is 0 Å². The summed E-state index contributed by atoms with van der Waals surface area (Å²) in [5.74, 6) is -6.53. The summed E-state index contributed by atoms with van der Waals surface area (Å²) in [5, 5.41) is 17.1. The van der Waals surface area contributed by atoms with E-state index in [0.717, 1.165) is 0 Å². The van der Waals surface area contributed by atoms with Gasteiger partial charge in [-0.1, -0.05) is 13.8 Å². The maximum Gasteiger partial charge on any atom is 0.377 e. The van der Waals surface area contributed by atoms with Gasteiger partial charge >= 0.3 is 11.9 Å². The molecule has 0 aromatic heterocycles. The lowest BCUT2D eigenvalue weighted by Gasteiger charge is -2.25. The minimum absolute atomic E-state index is 0.0178. The molecule has 0 spiro atoms. The molecule has 0 aromatic carbocycles. The third-order valence-corrected chi connectivity index (χ3v) is 1.81. The van der Waals surface area contributed by atoms with E-state index in [4.69, 9.17) is 15.9 Å². The van der Waals surface area contributed by atoms with Gasteiger partial charge in [-0.05, 0) is 12.3 Å². The van der Waals surface area contributed by atoms with Gasteiger partial charge in [0.05, 0.1) is 0 Å². The Morgan fingerprint density at radius 2 is 1.93 bits per heavy atom. The molecule has 0 saturated carbocycles. The third kappa shape index (κ3) is 3.19. The lowest BCUT2D eigenvalue weighted by Crippen LogP contribution is -2.51. The SMILES string of the molecule is CC(C)C[C@H](N)[C@@H](O)C(F)(F)C(=O)O. The summed E-state index contributed by atoms with van der Waals surface area (Å²) in [6.45, 7) is 3.48. The first-order chi connectivity index (χ1) is 6.19. The highest BCUT2D eigenvalue weighted by Gasteiger charge is 2.49. The number of aliphatic hydroxyl groups is 1. The average molecular weight is 211 g/mol. The third-order valence-electron chi connectivity index (χ3n) is 1.81. The van der Waals surface area contributed by atoms with Crippen LogP contribution in [0.5, 0.6) is 0 Å².